The first-order valence-corrected chi connectivity index (χ1v) is 8.74. The summed E-state index contributed by atoms with van der Waals surface area (Å²) in [6.07, 6.45) is 0.477. The van der Waals surface area contributed by atoms with Crippen molar-refractivity contribution in [2.75, 3.05) is 13.2 Å². The van der Waals surface area contributed by atoms with Gasteiger partial charge in [0, 0.05) is 26.2 Å². The molecule has 0 saturated carbocycles. The topological polar surface area (TPSA) is 40.5 Å². The number of benzene rings is 3. The van der Waals surface area contributed by atoms with Crippen LogP contribution in [0.2, 0.25) is 15.1 Å². The SMILES string of the molecule is CC(CO)(CO)Cc1c2cccc(Cl)c2c(Cl)c2c(Cl)cccc12. The Hall–Kier alpha value is -1.03. The molecule has 0 saturated heterocycles. The van der Waals surface area contributed by atoms with Crippen LogP contribution in [-0.2, 0) is 6.42 Å². The van der Waals surface area contributed by atoms with Crippen molar-refractivity contribution >= 4 is 56.3 Å². The molecule has 0 spiro atoms. The van der Waals surface area contributed by atoms with Gasteiger partial charge >= 0.3 is 0 Å². The van der Waals surface area contributed by atoms with Crippen LogP contribution in [0.3, 0.4) is 0 Å². The van der Waals surface area contributed by atoms with Crippen LogP contribution in [0.25, 0.3) is 21.5 Å². The Morgan fingerprint density at radius 2 is 1.29 bits per heavy atom. The van der Waals surface area contributed by atoms with Gasteiger partial charge in [-0.1, -0.05) is 66.0 Å². The van der Waals surface area contributed by atoms with Gasteiger partial charge in [-0.25, -0.2) is 0 Å². The van der Waals surface area contributed by atoms with Crippen molar-refractivity contribution < 1.29 is 10.2 Å². The van der Waals surface area contributed by atoms with E-state index in [0.717, 1.165) is 27.1 Å². The fourth-order valence-electron chi connectivity index (χ4n) is 3.05. The van der Waals surface area contributed by atoms with Gasteiger partial charge in [0.25, 0.3) is 0 Å². The summed E-state index contributed by atoms with van der Waals surface area (Å²) in [6, 6.07) is 11.2. The fourth-order valence-corrected chi connectivity index (χ4v) is 4.09. The third-order valence-corrected chi connectivity index (χ3v) is 5.49. The van der Waals surface area contributed by atoms with Crippen LogP contribution in [0, 0.1) is 5.41 Å². The molecule has 0 unspecified atom stereocenters. The van der Waals surface area contributed by atoms with Gasteiger partial charge in [-0.2, -0.15) is 0 Å². The lowest BCUT2D eigenvalue weighted by molar-refractivity contribution is 0.0709. The van der Waals surface area contributed by atoms with E-state index < -0.39 is 5.41 Å². The smallest absolute Gasteiger partial charge is 0.0592 e. The Balaban J connectivity index is 2.47. The maximum atomic E-state index is 9.72. The molecular weight excluding hydrogens is 367 g/mol. The molecule has 0 atom stereocenters. The van der Waals surface area contributed by atoms with E-state index in [1.54, 1.807) is 12.1 Å². The average Bonchev–Trinajstić information content (AvgIpc) is 2.58. The maximum Gasteiger partial charge on any atom is 0.0592 e. The van der Waals surface area contributed by atoms with Gasteiger partial charge < -0.3 is 10.2 Å². The Morgan fingerprint density at radius 3 is 1.71 bits per heavy atom. The summed E-state index contributed by atoms with van der Waals surface area (Å²) in [6.45, 7) is 1.58. The van der Waals surface area contributed by atoms with Gasteiger partial charge in [-0.15, -0.1) is 0 Å². The highest BCUT2D eigenvalue weighted by atomic mass is 35.5. The Labute approximate surface area is 155 Å². The number of rotatable bonds is 4. The zero-order chi connectivity index (χ0) is 17.5. The Bertz CT molecular complexity index is 855. The van der Waals surface area contributed by atoms with Gasteiger partial charge in [0.05, 0.1) is 18.2 Å². The van der Waals surface area contributed by atoms with Crippen LogP contribution >= 0.6 is 34.8 Å². The molecule has 0 aliphatic heterocycles. The minimum absolute atomic E-state index is 0.129. The summed E-state index contributed by atoms with van der Waals surface area (Å²) in [5.74, 6) is 0. The number of halogens is 3. The summed E-state index contributed by atoms with van der Waals surface area (Å²) in [4.78, 5) is 0. The Morgan fingerprint density at radius 1 is 0.833 bits per heavy atom. The molecule has 0 bridgehead atoms. The van der Waals surface area contributed by atoms with Crippen LogP contribution in [0.15, 0.2) is 36.4 Å². The predicted octanol–water partition coefficient (Wildman–Crippen LogP) is 5.49. The van der Waals surface area contributed by atoms with Crippen LogP contribution in [0.4, 0.5) is 0 Å². The van der Waals surface area contributed by atoms with E-state index in [2.05, 4.69) is 0 Å². The molecule has 2 nitrogen and oxygen atoms in total. The molecule has 5 heteroatoms. The molecule has 0 aromatic heterocycles. The standard InChI is InChI=1S/C19H17Cl3O2/c1-19(9-23,10-24)8-13-11-4-2-6-14(20)16(11)18(22)17-12(13)5-3-7-15(17)21/h2-7,23-24H,8-10H2,1H3. The van der Waals surface area contributed by atoms with E-state index in [9.17, 15) is 10.2 Å². The molecule has 0 radical (unpaired) electrons. The molecule has 126 valence electrons. The van der Waals surface area contributed by atoms with Crippen LogP contribution < -0.4 is 0 Å². The van der Waals surface area contributed by atoms with E-state index in [0.29, 0.717) is 21.5 Å². The van der Waals surface area contributed by atoms with Crippen molar-refractivity contribution in [2.24, 2.45) is 5.41 Å². The van der Waals surface area contributed by atoms with E-state index >= 15 is 0 Å². The lowest BCUT2D eigenvalue weighted by Gasteiger charge is -2.27. The van der Waals surface area contributed by atoms with Crippen molar-refractivity contribution in [3.8, 4) is 0 Å². The van der Waals surface area contributed by atoms with E-state index in [4.69, 9.17) is 34.8 Å². The van der Waals surface area contributed by atoms with Gasteiger partial charge in [-0.3, -0.25) is 0 Å². The molecule has 3 rings (SSSR count). The minimum atomic E-state index is -0.654. The summed E-state index contributed by atoms with van der Waals surface area (Å²) >= 11 is 19.4. The second kappa shape index (κ2) is 6.70. The minimum Gasteiger partial charge on any atom is -0.396 e. The zero-order valence-electron chi connectivity index (χ0n) is 13.1. The molecule has 2 N–H and O–H groups in total. The zero-order valence-corrected chi connectivity index (χ0v) is 15.4. The number of hydrogen-bond donors (Lipinski definition) is 2. The first-order valence-electron chi connectivity index (χ1n) is 7.60. The normalized spacial score (nSPS) is 12.2. The molecule has 0 fully saturated rings. The van der Waals surface area contributed by atoms with Gasteiger partial charge in [0.15, 0.2) is 0 Å². The van der Waals surface area contributed by atoms with Gasteiger partial charge in [-0.05, 0) is 34.9 Å². The predicted molar refractivity (Wildman–Crippen MR) is 102 cm³/mol. The van der Waals surface area contributed by atoms with Crippen LogP contribution in [0.1, 0.15) is 12.5 Å². The van der Waals surface area contributed by atoms with Crippen LogP contribution in [-0.4, -0.2) is 23.4 Å². The number of fused-ring (bicyclic) bond motifs is 2. The molecule has 0 aliphatic carbocycles. The van der Waals surface area contributed by atoms with Crippen molar-refractivity contribution in [1.82, 2.24) is 0 Å². The van der Waals surface area contributed by atoms with Crippen LogP contribution in [0.5, 0.6) is 0 Å². The molecule has 24 heavy (non-hydrogen) atoms. The largest absolute Gasteiger partial charge is 0.396 e. The third kappa shape index (κ3) is 2.87. The number of aliphatic hydroxyl groups is 2. The second-order valence-corrected chi connectivity index (χ2v) is 7.61. The van der Waals surface area contributed by atoms with Gasteiger partial charge in [0.2, 0.25) is 0 Å². The summed E-state index contributed by atoms with van der Waals surface area (Å²) in [5.41, 5.74) is 0.318. The quantitative estimate of drug-likeness (QED) is 0.585. The number of hydrogen-bond acceptors (Lipinski definition) is 2. The summed E-state index contributed by atoms with van der Waals surface area (Å²) in [5, 5.41) is 24.4. The highest BCUT2D eigenvalue weighted by Crippen LogP contribution is 2.43. The monoisotopic (exact) mass is 382 g/mol. The summed E-state index contributed by atoms with van der Waals surface area (Å²) < 4.78 is 0. The van der Waals surface area contributed by atoms with Crippen molar-refractivity contribution in [1.29, 1.82) is 0 Å². The molecule has 0 amide bonds. The van der Waals surface area contributed by atoms with Crippen molar-refractivity contribution in [3.05, 3.63) is 57.0 Å². The molecule has 3 aromatic rings. The lowest BCUT2D eigenvalue weighted by atomic mass is 9.81. The Kier molecular flexibility index (Phi) is 4.96. The lowest BCUT2D eigenvalue weighted by Crippen LogP contribution is -2.28. The fraction of sp³-hybridized carbons (Fsp3) is 0.263. The van der Waals surface area contributed by atoms with E-state index in [-0.39, 0.29) is 13.2 Å². The highest BCUT2D eigenvalue weighted by Gasteiger charge is 2.26. The molecule has 3 aromatic carbocycles. The summed E-state index contributed by atoms with van der Waals surface area (Å²) in [7, 11) is 0. The first-order chi connectivity index (χ1) is 11.4. The highest BCUT2D eigenvalue weighted by molar-refractivity contribution is 6.48. The third-order valence-electron chi connectivity index (χ3n) is 4.48. The van der Waals surface area contributed by atoms with E-state index in [1.165, 1.54) is 0 Å². The maximum absolute atomic E-state index is 9.72. The van der Waals surface area contributed by atoms with Crippen molar-refractivity contribution in [3.63, 3.8) is 0 Å². The molecular formula is C19H17Cl3O2. The number of aliphatic hydroxyl groups excluding tert-OH is 2. The second-order valence-electron chi connectivity index (χ2n) is 6.42. The van der Waals surface area contributed by atoms with Gasteiger partial charge in [0.1, 0.15) is 0 Å². The molecule has 0 heterocycles. The molecule has 0 aliphatic rings. The first kappa shape index (κ1) is 17.8. The van der Waals surface area contributed by atoms with Crippen molar-refractivity contribution in [2.45, 2.75) is 13.3 Å². The average molecular weight is 384 g/mol. The van der Waals surface area contributed by atoms with E-state index in [1.807, 2.05) is 31.2 Å².